The summed E-state index contributed by atoms with van der Waals surface area (Å²) in [7, 11) is 0. The molecule has 0 fully saturated rings. The average molecular weight is 272 g/mol. The van der Waals surface area contributed by atoms with Gasteiger partial charge in [-0.1, -0.05) is 40.5 Å². The molecule has 0 radical (unpaired) electrons. The van der Waals surface area contributed by atoms with Crippen molar-refractivity contribution < 1.29 is 4.52 Å². The number of hydrogen-bond donors (Lipinski definition) is 1. The molecule has 1 N–H and O–H groups in total. The lowest BCUT2D eigenvalue weighted by atomic mass is 10.2. The minimum Gasteiger partial charge on any atom is -0.340 e. The Morgan fingerprint density at radius 1 is 1.29 bits per heavy atom. The molecule has 1 aromatic heterocycles. The van der Waals surface area contributed by atoms with Crippen LogP contribution in [-0.2, 0) is 13.1 Å². The second kappa shape index (κ2) is 5.49. The zero-order chi connectivity index (χ0) is 12.3. The fourth-order valence-corrected chi connectivity index (χ4v) is 1.79. The summed E-state index contributed by atoms with van der Waals surface area (Å²) < 4.78 is 4.86. The molecule has 0 aliphatic rings. The van der Waals surface area contributed by atoms with E-state index in [1.807, 2.05) is 12.1 Å². The zero-order valence-electron chi connectivity index (χ0n) is 9.20. The van der Waals surface area contributed by atoms with E-state index < -0.39 is 0 Å². The first-order valence-electron chi connectivity index (χ1n) is 5.09. The molecular formula is C11H11Cl2N3O. The topological polar surface area (TPSA) is 51.0 Å². The highest BCUT2D eigenvalue weighted by Crippen LogP contribution is 2.25. The molecule has 2 aromatic rings. The lowest BCUT2D eigenvalue weighted by Gasteiger charge is -2.05. The third-order valence-electron chi connectivity index (χ3n) is 2.20. The number of nitrogens with zero attached hydrogens (tertiary/aromatic N) is 2. The number of aryl methyl sites for hydroxylation is 1. The molecule has 0 amide bonds. The smallest absolute Gasteiger partial charge is 0.223 e. The van der Waals surface area contributed by atoms with Crippen molar-refractivity contribution in [3.8, 4) is 0 Å². The van der Waals surface area contributed by atoms with Crippen LogP contribution < -0.4 is 5.32 Å². The Morgan fingerprint density at radius 3 is 2.82 bits per heavy atom. The van der Waals surface area contributed by atoms with E-state index in [4.69, 9.17) is 27.7 Å². The van der Waals surface area contributed by atoms with Crippen molar-refractivity contribution in [2.75, 3.05) is 0 Å². The Hall–Kier alpha value is -1.10. The van der Waals surface area contributed by atoms with E-state index in [0.29, 0.717) is 34.8 Å². The van der Waals surface area contributed by atoms with Crippen LogP contribution in [0.3, 0.4) is 0 Å². The highest BCUT2D eigenvalue weighted by Gasteiger charge is 2.05. The Kier molecular flexibility index (Phi) is 3.99. The molecule has 0 unspecified atom stereocenters. The maximum absolute atomic E-state index is 6.06. The predicted molar refractivity (Wildman–Crippen MR) is 66.0 cm³/mol. The Balaban J connectivity index is 1.92. The quantitative estimate of drug-likeness (QED) is 0.929. The van der Waals surface area contributed by atoms with E-state index in [0.717, 1.165) is 5.56 Å². The summed E-state index contributed by atoms with van der Waals surface area (Å²) in [6.45, 7) is 2.89. The van der Waals surface area contributed by atoms with E-state index >= 15 is 0 Å². The second-order valence-corrected chi connectivity index (χ2v) is 4.33. The maximum atomic E-state index is 6.06. The third-order valence-corrected chi connectivity index (χ3v) is 3.06. The number of rotatable bonds is 4. The number of halogens is 2. The highest BCUT2D eigenvalue weighted by molar-refractivity contribution is 6.42. The van der Waals surface area contributed by atoms with Gasteiger partial charge in [-0.05, 0) is 11.6 Å². The molecule has 90 valence electrons. The summed E-state index contributed by atoms with van der Waals surface area (Å²) in [5.41, 5.74) is 0.944. The van der Waals surface area contributed by atoms with Gasteiger partial charge in [-0.3, -0.25) is 0 Å². The van der Waals surface area contributed by atoms with Gasteiger partial charge < -0.3 is 9.84 Å². The molecule has 6 heteroatoms. The number of benzene rings is 1. The highest BCUT2D eigenvalue weighted by atomic mass is 35.5. The molecule has 1 heterocycles. The van der Waals surface area contributed by atoms with E-state index in [1.165, 1.54) is 0 Å². The van der Waals surface area contributed by atoms with E-state index in [2.05, 4.69) is 15.5 Å². The van der Waals surface area contributed by atoms with Gasteiger partial charge in [0, 0.05) is 13.5 Å². The lowest BCUT2D eigenvalue weighted by Crippen LogP contribution is -2.14. The number of nitrogens with one attached hydrogen (secondary N) is 1. The standard InChI is InChI=1S/C11H11Cl2N3O/c1-7-15-10(16-17-7)6-14-5-8-3-2-4-9(12)11(8)13/h2-4,14H,5-6H2,1H3. The van der Waals surface area contributed by atoms with Crippen molar-refractivity contribution in [2.45, 2.75) is 20.0 Å². The normalized spacial score (nSPS) is 10.8. The summed E-state index contributed by atoms with van der Waals surface area (Å²) in [6, 6.07) is 5.54. The van der Waals surface area contributed by atoms with E-state index in [1.54, 1.807) is 13.0 Å². The monoisotopic (exact) mass is 271 g/mol. The number of aromatic nitrogens is 2. The molecule has 0 aliphatic carbocycles. The molecule has 0 saturated heterocycles. The Bertz CT molecular complexity index is 513. The summed E-state index contributed by atoms with van der Waals surface area (Å²) in [5, 5.41) is 8.08. The van der Waals surface area contributed by atoms with Crippen molar-refractivity contribution in [1.29, 1.82) is 0 Å². The molecule has 1 aromatic carbocycles. The van der Waals surface area contributed by atoms with Crippen molar-refractivity contribution in [2.24, 2.45) is 0 Å². The van der Waals surface area contributed by atoms with Crippen LogP contribution in [0.4, 0.5) is 0 Å². The summed E-state index contributed by atoms with van der Waals surface area (Å²) in [4.78, 5) is 4.08. The van der Waals surface area contributed by atoms with Gasteiger partial charge in [0.1, 0.15) is 0 Å². The fraction of sp³-hybridized carbons (Fsp3) is 0.273. The van der Waals surface area contributed by atoms with Gasteiger partial charge in [0.25, 0.3) is 0 Å². The first-order chi connectivity index (χ1) is 8.16. The van der Waals surface area contributed by atoms with Crippen LogP contribution in [0.15, 0.2) is 22.7 Å². The van der Waals surface area contributed by atoms with Gasteiger partial charge in [-0.15, -0.1) is 0 Å². The molecule has 0 atom stereocenters. The van der Waals surface area contributed by atoms with Crippen LogP contribution in [0.2, 0.25) is 10.0 Å². The van der Waals surface area contributed by atoms with E-state index in [-0.39, 0.29) is 0 Å². The van der Waals surface area contributed by atoms with E-state index in [9.17, 15) is 0 Å². The lowest BCUT2D eigenvalue weighted by molar-refractivity contribution is 0.385. The minimum atomic E-state index is 0.528. The van der Waals surface area contributed by atoms with Crippen LogP contribution in [0.5, 0.6) is 0 Å². The van der Waals surface area contributed by atoms with Crippen LogP contribution in [0.1, 0.15) is 17.3 Å². The molecule has 0 aliphatic heterocycles. The molecule has 2 rings (SSSR count). The van der Waals surface area contributed by atoms with Crippen molar-refractivity contribution in [3.05, 3.63) is 45.5 Å². The minimum absolute atomic E-state index is 0.528. The molecular weight excluding hydrogens is 261 g/mol. The first-order valence-corrected chi connectivity index (χ1v) is 5.85. The van der Waals surface area contributed by atoms with Crippen molar-refractivity contribution in [3.63, 3.8) is 0 Å². The maximum Gasteiger partial charge on any atom is 0.223 e. The van der Waals surface area contributed by atoms with Gasteiger partial charge in [-0.25, -0.2) is 0 Å². The predicted octanol–water partition coefficient (Wildman–Crippen LogP) is 2.97. The Labute approximate surface area is 109 Å². The van der Waals surface area contributed by atoms with Crippen LogP contribution in [0, 0.1) is 6.92 Å². The molecule has 17 heavy (non-hydrogen) atoms. The average Bonchev–Trinajstić information content (AvgIpc) is 2.70. The SMILES string of the molecule is Cc1nc(CNCc2cccc(Cl)c2Cl)no1. The zero-order valence-corrected chi connectivity index (χ0v) is 10.7. The molecule has 0 saturated carbocycles. The first kappa shape index (κ1) is 12.4. The molecule has 0 bridgehead atoms. The van der Waals surface area contributed by atoms with Gasteiger partial charge in [0.05, 0.1) is 16.6 Å². The van der Waals surface area contributed by atoms with Crippen LogP contribution in [-0.4, -0.2) is 10.1 Å². The van der Waals surface area contributed by atoms with Gasteiger partial charge in [-0.2, -0.15) is 4.98 Å². The summed E-state index contributed by atoms with van der Waals surface area (Å²) in [5.74, 6) is 1.18. The van der Waals surface area contributed by atoms with Gasteiger partial charge >= 0.3 is 0 Å². The fourth-order valence-electron chi connectivity index (χ4n) is 1.41. The van der Waals surface area contributed by atoms with Crippen LogP contribution in [0.25, 0.3) is 0 Å². The third kappa shape index (κ3) is 3.19. The second-order valence-electron chi connectivity index (χ2n) is 3.55. The van der Waals surface area contributed by atoms with Crippen molar-refractivity contribution >= 4 is 23.2 Å². The summed E-state index contributed by atoms with van der Waals surface area (Å²) in [6.07, 6.45) is 0. The number of hydrogen-bond acceptors (Lipinski definition) is 4. The molecule has 4 nitrogen and oxygen atoms in total. The van der Waals surface area contributed by atoms with Gasteiger partial charge in [0.2, 0.25) is 5.89 Å². The van der Waals surface area contributed by atoms with Crippen molar-refractivity contribution in [1.82, 2.24) is 15.5 Å². The van der Waals surface area contributed by atoms with Gasteiger partial charge in [0.15, 0.2) is 5.82 Å². The molecule has 0 spiro atoms. The Morgan fingerprint density at radius 2 is 2.12 bits per heavy atom. The summed E-state index contributed by atoms with van der Waals surface area (Å²) >= 11 is 12.0. The van der Waals surface area contributed by atoms with Crippen LogP contribution >= 0.6 is 23.2 Å². The largest absolute Gasteiger partial charge is 0.340 e.